The van der Waals surface area contributed by atoms with Gasteiger partial charge in [0.05, 0.1) is 11.4 Å². The number of anilines is 1. The van der Waals surface area contributed by atoms with Crippen LogP contribution in [0, 0.1) is 13.8 Å². The Bertz CT molecular complexity index is 840. The fourth-order valence-electron chi connectivity index (χ4n) is 3.07. The van der Waals surface area contributed by atoms with Crippen molar-refractivity contribution in [2.75, 3.05) is 36.8 Å². The standard InChI is InChI=1S/C16H24N6O2S/c1-4-9-25(23,24)21-7-5-20(6-8-21)15-11-16(18-12-17-15)22-14(3)10-13(2)19-22/h10-12H,4-9H2,1-3H3. The summed E-state index contributed by atoms with van der Waals surface area (Å²) in [4.78, 5) is 10.8. The number of rotatable bonds is 5. The molecule has 0 unspecified atom stereocenters. The van der Waals surface area contributed by atoms with Crippen LogP contribution >= 0.6 is 0 Å². The summed E-state index contributed by atoms with van der Waals surface area (Å²) in [6, 6.07) is 3.90. The first-order chi connectivity index (χ1) is 11.9. The number of piperazine rings is 1. The van der Waals surface area contributed by atoms with Crippen LogP contribution in [0.1, 0.15) is 24.7 Å². The maximum absolute atomic E-state index is 12.2. The van der Waals surface area contributed by atoms with Crippen molar-refractivity contribution in [3.8, 4) is 5.82 Å². The Hall–Kier alpha value is -2.00. The quantitative estimate of drug-likeness (QED) is 0.791. The van der Waals surface area contributed by atoms with Gasteiger partial charge in [-0.15, -0.1) is 0 Å². The second kappa shape index (κ2) is 7.09. The van der Waals surface area contributed by atoms with Crippen molar-refractivity contribution in [3.05, 3.63) is 29.8 Å². The molecule has 3 heterocycles. The lowest BCUT2D eigenvalue weighted by Gasteiger charge is -2.34. The molecular weight excluding hydrogens is 340 g/mol. The first-order valence-corrected chi connectivity index (χ1v) is 10.1. The molecule has 3 rings (SSSR count). The topological polar surface area (TPSA) is 84.2 Å². The molecule has 0 bridgehead atoms. The van der Waals surface area contributed by atoms with Gasteiger partial charge in [-0.05, 0) is 26.3 Å². The smallest absolute Gasteiger partial charge is 0.214 e. The summed E-state index contributed by atoms with van der Waals surface area (Å²) < 4.78 is 27.7. The van der Waals surface area contributed by atoms with Crippen LogP contribution in [0.3, 0.4) is 0 Å². The minimum atomic E-state index is -3.13. The third-order valence-corrected chi connectivity index (χ3v) is 6.36. The SMILES string of the molecule is CCCS(=O)(=O)N1CCN(c2cc(-n3nc(C)cc3C)ncn2)CC1. The van der Waals surface area contributed by atoms with Crippen LogP contribution in [-0.4, -0.2) is 64.4 Å². The number of sulfonamides is 1. The second-order valence-corrected chi connectivity index (χ2v) is 8.36. The fourth-order valence-corrected chi connectivity index (χ4v) is 4.56. The van der Waals surface area contributed by atoms with E-state index in [-0.39, 0.29) is 5.75 Å². The van der Waals surface area contributed by atoms with E-state index in [9.17, 15) is 8.42 Å². The molecule has 0 N–H and O–H groups in total. The Morgan fingerprint density at radius 2 is 1.72 bits per heavy atom. The van der Waals surface area contributed by atoms with Gasteiger partial charge < -0.3 is 4.90 Å². The van der Waals surface area contributed by atoms with Crippen molar-refractivity contribution in [1.82, 2.24) is 24.1 Å². The number of hydrogen-bond donors (Lipinski definition) is 0. The highest BCUT2D eigenvalue weighted by Gasteiger charge is 2.26. The van der Waals surface area contributed by atoms with Crippen molar-refractivity contribution in [1.29, 1.82) is 0 Å². The van der Waals surface area contributed by atoms with E-state index in [0.29, 0.717) is 32.6 Å². The minimum Gasteiger partial charge on any atom is -0.354 e. The van der Waals surface area contributed by atoms with E-state index in [0.717, 1.165) is 23.0 Å². The van der Waals surface area contributed by atoms with Gasteiger partial charge in [0.15, 0.2) is 5.82 Å². The van der Waals surface area contributed by atoms with E-state index >= 15 is 0 Å². The van der Waals surface area contributed by atoms with E-state index in [4.69, 9.17) is 0 Å². The maximum atomic E-state index is 12.2. The molecule has 0 radical (unpaired) electrons. The van der Waals surface area contributed by atoms with Crippen LogP contribution in [0.15, 0.2) is 18.5 Å². The Morgan fingerprint density at radius 1 is 1.04 bits per heavy atom. The van der Waals surface area contributed by atoms with Crippen LogP contribution in [0.4, 0.5) is 5.82 Å². The molecule has 1 saturated heterocycles. The molecule has 0 aliphatic carbocycles. The van der Waals surface area contributed by atoms with Gasteiger partial charge in [0, 0.05) is 37.9 Å². The van der Waals surface area contributed by atoms with E-state index in [1.165, 1.54) is 6.33 Å². The van der Waals surface area contributed by atoms with Gasteiger partial charge in [-0.1, -0.05) is 6.92 Å². The monoisotopic (exact) mass is 364 g/mol. The summed E-state index contributed by atoms with van der Waals surface area (Å²) in [5.74, 6) is 1.73. The number of nitrogens with zero attached hydrogens (tertiary/aromatic N) is 6. The molecule has 25 heavy (non-hydrogen) atoms. The normalized spacial score (nSPS) is 16.4. The Balaban J connectivity index is 1.74. The summed E-state index contributed by atoms with van der Waals surface area (Å²) in [5, 5.41) is 4.45. The van der Waals surface area contributed by atoms with Crippen LogP contribution in [0.5, 0.6) is 0 Å². The van der Waals surface area contributed by atoms with Crippen molar-refractivity contribution in [3.63, 3.8) is 0 Å². The molecule has 8 nitrogen and oxygen atoms in total. The van der Waals surface area contributed by atoms with Crippen molar-refractivity contribution < 1.29 is 8.42 Å². The van der Waals surface area contributed by atoms with Crippen molar-refractivity contribution in [2.24, 2.45) is 0 Å². The summed E-state index contributed by atoms with van der Waals surface area (Å²) in [6.07, 6.45) is 2.17. The number of hydrogen-bond acceptors (Lipinski definition) is 6. The highest BCUT2D eigenvalue weighted by molar-refractivity contribution is 7.89. The van der Waals surface area contributed by atoms with Crippen molar-refractivity contribution >= 4 is 15.8 Å². The largest absolute Gasteiger partial charge is 0.354 e. The molecule has 9 heteroatoms. The summed E-state index contributed by atoms with van der Waals surface area (Å²) in [7, 11) is -3.13. The molecule has 136 valence electrons. The van der Waals surface area contributed by atoms with Gasteiger partial charge in [-0.3, -0.25) is 0 Å². The molecule has 1 aliphatic rings. The van der Waals surface area contributed by atoms with Gasteiger partial charge in [-0.2, -0.15) is 9.40 Å². The van der Waals surface area contributed by atoms with E-state index in [1.807, 2.05) is 32.9 Å². The Labute approximate surface area is 148 Å². The lowest BCUT2D eigenvalue weighted by Crippen LogP contribution is -2.49. The van der Waals surface area contributed by atoms with Gasteiger partial charge in [0.25, 0.3) is 0 Å². The van der Waals surface area contributed by atoms with Crippen LogP contribution in [0.2, 0.25) is 0 Å². The van der Waals surface area contributed by atoms with E-state index in [2.05, 4.69) is 20.0 Å². The summed E-state index contributed by atoms with van der Waals surface area (Å²) in [6.45, 7) is 8.03. The zero-order valence-electron chi connectivity index (χ0n) is 14.9. The molecule has 0 spiro atoms. The lowest BCUT2D eigenvalue weighted by molar-refractivity contribution is 0.383. The number of aromatic nitrogens is 4. The minimum absolute atomic E-state index is 0.211. The van der Waals surface area contributed by atoms with Crippen LogP contribution in [0.25, 0.3) is 5.82 Å². The second-order valence-electron chi connectivity index (χ2n) is 6.28. The molecule has 2 aromatic rings. The highest BCUT2D eigenvalue weighted by Crippen LogP contribution is 2.18. The third kappa shape index (κ3) is 3.82. The van der Waals surface area contributed by atoms with Gasteiger partial charge >= 0.3 is 0 Å². The lowest BCUT2D eigenvalue weighted by atomic mass is 10.3. The van der Waals surface area contributed by atoms with Gasteiger partial charge in [0.2, 0.25) is 10.0 Å². The average molecular weight is 364 g/mol. The van der Waals surface area contributed by atoms with E-state index < -0.39 is 10.0 Å². The highest BCUT2D eigenvalue weighted by atomic mass is 32.2. The summed E-state index contributed by atoms with van der Waals surface area (Å²) in [5.41, 5.74) is 1.95. The third-order valence-electron chi connectivity index (χ3n) is 4.28. The summed E-state index contributed by atoms with van der Waals surface area (Å²) >= 11 is 0. The van der Waals surface area contributed by atoms with Gasteiger partial charge in [-0.25, -0.2) is 23.1 Å². The molecule has 0 amide bonds. The number of aryl methyl sites for hydroxylation is 2. The molecule has 0 saturated carbocycles. The molecule has 1 fully saturated rings. The van der Waals surface area contributed by atoms with Crippen LogP contribution in [-0.2, 0) is 10.0 Å². The predicted octanol–water partition coefficient (Wildman–Crippen LogP) is 1.14. The molecule has 1 aliphatic heterocycles. The molecule has 2 aromatic heterocycles. The van der Waals surface area contributed by atoms with Gasteiger partial charge in [0.1, 0.15) is 12.1 Å². The Kier molecular flexibility index (Phi) is 5.05. The average Bonchev–Trinajstić information content (AvgIpc) is 2.93. The van der Waals surface area contributed by atoms with Crippen LogP contribution < -0.4 is 4.90 Å². The fraction of sp³-hybridized carbons (Fsp3) is 0.562. The zero-order valence-corrected chi connectivity index (χ0v) is 15.7. The molecular formula is C16H24N6O2S. The maximum Gasteiger partial charge on any atom is 0.214 e. The zero-order chi connectivity index (χ0) is 18.0. The predicted molar refractivity (Wildman–Crippen MR) is 96.5 cm³/mol. The van der Waals surface area contributed by atoms with Crippen molar-refractivity contribution in [2.45, 2.75) is 27.2 Å². The molecule has 0 aromatic carbocycles. The van der Waals surface area contributed by atoms with E-state index in [1.54, 1.807) is 8.99 Å². The Morgan fingerprint density at radius 3 is 2.32 bits per heavy atom. The first-order valence-electron chi connectivity index (χ1n) is 8.49. The molecule has 0 atom stereocenters. The first kappa shape index (κ1) is 17.8.